The van der Waals surface area contributed by atoms with E-state index < -0.39 is 5.91 Å². The average Bonchev–Trinajstić information content (AvgIpc) is 2.73. The highest BCUT2D eigenvalue weighted by molar-refractivity contribution is 9.10. The summed E-state index contributed by atoms with van der Waals surface area (Å²) in [4.78, 5) is 13.1. The van der Waals surface area contributed by atoms with E-state index in [0.29, 0.717) is 38.2 Å². The molecular weight excluding hydrogens is 488 g/mol. The highest BCUT2D eigenvalue weighted by Gasteiger charge is 2.26. The second-order valence-electron chi connectivity index (χ2n) is 6.97. The molecule has 9 heteroatoms. The Balaban J connectivity index is 2.07. The molecule has 1 amide bonds. The number of carbonyl (C=O) groups excluding carboxylic acids is 1. The minimum absolute atomic E-state index is 0.290. The molecule has 0 aliphatic heterocycles. The maximum absolute atomic E-state index is 13.1. The summed E-state index contributed by atoms with van der Waals surface area (Å²) >= 11 is 10.3. The van der Waals surface area contributed by atoms with Gasteiger partial charge in [0.15, 0.2) is 11.5 Å². The van der Waals surface area contributed by atoms with Gasteiger partial charge in [-0.3, -0.25) is 4.79 Å². The van der Waals surface area contributed by atoms with Crippen LogP contribution in [0.2, 0.25) is 0 Å². The average molecular weight is 509 g/mol. The molecule has 30 heavy (non-hydrogen) atoms. The Hall–Kier alpha value is -2.15. The molecule has 1 atom stereocenters. The van der Waals surface area contributed by atoms with Crippen LogP contribution in [-0.2, 0) is 12.8 Å². The van der Waals surface area contributed by atoms with E-state index in [1.54, 1.807) is 6.07 Å². The first-order valence-corrected chi connectivity index (χ1v) is 11.3. The third-order valence-electron chi connectivity index (χ3n) is 5.13. The Morgan fingerprint density at radius 1 is 1.27 bits per heavy atom. The van der Waals surface area contributed by atoms with Gasteiger partial charge in [-0.25, -0.2) is 0 Å². The smallest absolute Gasteiger partial charge is 0.257 e. The van der Waals surface area contributed by atoms with Crippen LogP contribution in [0.1, 0.15) is 40.4 Å². The number of nitrogens with one attached hydrogen (secondary N) is 1. The predicted molar refractivity (Wildman–Crippen MR) is 123 cm³/mol. The number of nitrogens with zero attached hydrogens (tertiary/aromatic N) is 1. The molecule has 6 nitrogen and oxygen atoms in total. The molecule has 158 valence electrons. The monoisotopic (exact) mass is 508 g/mol. The van der Waals surface area contributed by atoms with E-state index in [4.69, 9.17) is 26.4 Å². The Labute approximate surface area is 192 Å². The van der Waals surface area contributed by atoms with Gasteiger partial charge in [0.05, 0.1) is 40.8 Å². The second kappa shape index (κ2) is 9.33. The Kier molecular flexibility index (Phi) is 7.01. The third kappa shape index (κ3) is 4.04. The number of hydrogen-bond acceptors (Lipinski definition) is 7. The molecule has 0 saturated carbocycles. The van der Waals surface area contributed by atoms with Crippen molar-refractivity contribution in [2.45, 2.75) is 26.2 Å². The van der Waals surface area contributed by atoms with Crippen LogP contribution in [0.3, 0.4) is 0 Å². The van der Waals surface area contributed by atoms with E-state index in [1.165, 1.54) is 32.7 Å². The summed E-state index contributed by atoms with van der Waals surface area (Å²) in [5.41, 5.74) is 2.81. The summed E-state index contributed by atoms with van der Waals surface area (Å²) in [6, 6.07) is 3.83. The minimum atomic E-state index is -0.410. The van der Waals surface area contributed by atoms with Crippen LogP contribution in [0.5, 0.6) is 17.2 Å². The van der Waals surface area contributed by atoms with Gasteiger partial charge in [0.1, 0.15) is 11.1 Å². The van der Waals surface area contributed by atoms with Crippen molar-refractivity contribution in [1.82, 2.24) is 0 Å². The number of methoxy groups -OCH3 is 3. The zero-order chi connectivity index (χ0) is 22.0. The summed E-state index contributed by atoms with van der Waals surface area (Å²) in [5, 5.41) is 13.1. The van der Waals surface area contributed by atoms with Gasteiger partial charge in [0.2, 0.25) is 5.75 Å². The van der Waals surface area contributed by atoms with Crippen LogP contribution in [0.15, 0.2) is 10.5 Å². The number of ether oxygens (including phenoxy) is 3. The molecule has 0 saturated heterocycles. The fourth-order valence-corrected chi connectivity index (χ4v) is 5.63. The lowest BCUT2D eigenvalue weighted by Gasteiger charge is -2.23. The Morgan fingerprint density at radius 3 is 2.57 bits per heavy atom. The van der Waals surface area contributed by atoms with Crippen LogP contribution < -0.4 is 19.5 Å². The largest absolute Gasteiger partial charge is 0.493 e. The highest BCUT2D eigenvalue weighted by Crippen LogP contribution is 2.45. The first kappa shape index (κ1) is 22.5. The van der Waals surface area contributed by atoms with Gasteiger partial charge in [-0.2, -0.15) is 5.26 Å². The summed E-state index contributed by atoms with van der Waals surface area (Å²) < 4.78 is 17.2. The maximum atomic E-state index is 13.1. The molecule has 1 N–H and O–H groups in total. The van der Waals surface area contributed by atoms with E-state index >= 15 is 0 Å². The van der Waals surface area contributed by atoms with Crippen LogP contribution >= 0.6 is 39.5 Å². The van der Waals surface area contributed by atoms with Crippen molar-refractivity contribution in [3.63, 3.8) is 0 Å². The van der Waals surface area contributed by atoms with Crippen molar-refractivity contribution >= 4 is 50.4 Å². The molecule has 2 aromatic rings. The molecule has 0 bridgehead atoms. The lowest BCUT2D eigenvalue weighted by atomic mass is 9.85. The molecule has 0 radical (unpaired) electrons. The van der Waals surface area contributed by atoms with Gasteiger partial charge in [-0.05, 0) is 58.3 Å². The van der Waals surface area contributed by atoms with Gasteiger partial charge in [0.25, 0.3) is 5.91 Å². The molecule has 1 heterocycles. The van der Waals surface area contributed by atoms with E-state index in [9.17, 15) is 10.1 Å². The molecule has 1 aromatic heterocycles. The summed E-state index contributed by atoms with van der Waals surface area (Å²) in [6.45, 7) is 2.19. The first-order chi connectivity index (χ1) is 14.4. The molecule has 1 aliphatic rings. The fraction of sp³-hybridized carbons (Fsp3) is 0.381. The zero-order valence-electron chi connectivity index (χ0n) is 17.1. The second-order valence-corrected chi connectivity index (χ2v) is 9.45. The van der Waals surface area contributed by atoms with Gasteiger partial charge in [0, 0.05) is 0 Å². The van der Waals surface area contributed by atoms with Gasteiger partial charge in [-0.15, -0.1) is 11.3 Å². The lowest BCUT2D eigenvalue weighted by Crippen LogP contribution is -2.17. The normalized spacial score (nSPS) is 15.0. The van der Waals surface area contributed by atoms with Crippen molar-refractivity contribution in [1.29, 1.82) is 5.26 Å². The number of hydrogen-bond donors (Lipinski definition) is 1. The summed E-state index contributed by atoms with van der Waals surface area (Å²) in [5.74, 6) is 1.20. The van der Waals surface area contributed by atoms with E-state index in [2.05, 4.69) is 34.2 Å². The summed E-state index contributed by atoms with van der Waals surface area (Å²) in [7, 11) is 4.46. The van der Waals surface area contributed by atoms with Crippen LogP contribution in [-0.4, -0.2) is 27.2 Å². The number of carbonyl (C=O) groups is 1. The number of amides is 1. The third-order valence-corrected chi connectivity index (χ3v) is 7.35. The van der Waals surface area contributed by atoms with Crippen LogP contribution in [0.4, 0.5) is 5.00 Å². The number of rotatable bonds is 5. The molecular formula is C21H21BrN2O4S2. The van der Waals surface area contributed by atoms with Gasteiger partial charge >= 0.3 is 0 Å². The minimum Gasteiger partial charge on any atom is -0.493 e. The fourth-order valence-electron chi connectivity index (χ4n) is 3.60. The van der Waals surface area contributed by atoms with Crippen LogP contribution in [0, 0.1) is 21.1 Å². The molecule has 3 rings (SSSR count). The Morgan fingerprint density at radius 2 is 1.97 bits per heavy atom. The predicted octanol–water partition coefficient (Wildman–Crippen LogP) is 5.51. The quantitative estimate of drug-likeness (QED) is 0.535. The van der Waals surface area contributed by atoms with Crippen molar-refractivity contribution in [2.75, 3.05) is 26.6 Å². The van der Waals surface area contributed by atoms with E-state index in [-0.39, 0.29) is 5.56 Å². The van der Waals surface area contributed by atoms with Crippen molar-refractivity contribution in [2.24, 2.45) is 5.92 Å². The van der Waals surface area contributed by atoms with Crippen LogP contribution in [0.25, 0.3) is 0 Å². The lowest BCUT2D eigenvalue weighted by molar-refractivity contribution is 0.102. The Bertz CT molecular complexity index is 1110. The number of nitriles is 1. The van der Waals surface area contributed by atoms with Gasteiger partial charge in [-0.1, -0.05) is 19.1 Å². The first-order valence-electron chi connectivity index (χ1n) is 9.24. The zero-order valence-corrected chi connectivity index (χ0v) is 20.3. The van der Waals surface area contributed by atoms with E-state index in [1.807, 2.05) is 0 Å². The molecule has 0 fully saturated rings. The van der Waals surface area contributed by atoms with Crippen molar-refractivity contribution < 1.29 is 19.0 Å². The number of benzene rings is 1. The topological polar surface area (TPSA) is 80.6 Å². The maximum Gasteiger partial charge on any atom is 0.257 e. The molecule has 0 spiro atoms. The van der Waals surface area contributed by atoms with E-state index in [0.717, 1.165) is 34.2 Å². The number of halogens is 1. The standard InChI is InChI=1S/C21H21BrN2O4S2/c1-10-5-6-11-12(7-10)21(29)30-20(14(11)9-23)24-19(25)13-8-15(26-2)17(27-3)18(28-4)16(13)22/h8,10H,5-7H2,1-4H3,(H,24,25). The molecule has 1 aliphatic carbocycles. The van der Waals surface area contributed by atoms with Crippen molar-refractivity contribution in [3.05, 3.63) is 36.6 Å². The number of fused-ring (bicyclic) bond motifs is 1. The highest BCUT2D eigenvalue weighted by atomic mass is 79.9. The SMILES string of the molecule is COc1cc(C(=O)Nc2sc(=S)c3c(c2C#N)CCC(C)C3)c(Br)c(OC)c1OC. The molecule has 1 unspecified atom stereocenters. The van der Waals surface area contributed by atoms with Gasteiger partial charge < -0.3 is 19.5 Å². The summed E-state index contributed by atoms with van der Waals surface area (Å²) in [6.07, 6.45) is 2.65. The number of anilines is 1. The van der Waals surface area contributed by atoms with Crippen molar-refractivity contribution in [3.8, 4) is 23.3 Å². The molecule has 1 aromatic carbocycles.